The number of piperidine rings is 1. The molecule has 2 rings (SSSR count). The molecular formula is C12H18N4O2. The Bertz CT molecular complexity index is 416. The molecule has 6 heteroatoms. The summed E-state index contributed by atoms with van der Waals surface area (Å²) >= 11 is 0. The highest BCUT2D eigenvalue weighted by molar-refractivity contribution is 5.73. The van der Waals surface area contributed by atoms with Crippen molar-refractivity contribution in [3.63, 3.8) is 0 Å². The molecule has 1 aliphatic heterocycles. The van der Waals surface area contributed by atoms with Crippen LogP contribution in [0.4, 0.5) is 5.95 Å². The van der Waals surface area contributed by atoms with E-state index in [4.69, 9.17) is 4.74 Å². The van der Waals surface area contributed by atoms with Crippen LogP contribution in [0.1, 0.15) is 19.8 Å². The van der Waals surface area contributed by atoms with Crippen molar-refractivity contribution in [3.8, 4) is 5.88 Å². The molecular weight excluding hydrogens is 232 g/mol. The quantitative estimate of drug-likeness (QED) is 0.850. The Morgan fingerprint density at radius 2 is 2.22 bits per heavy atom. The molecule has 18 heavy (non-hydrogen) atoms. The Morgan fingerprint density at radius 3 is 2.83 bits per heavy atom. The number of hydrogen-bond donors (Lipinski definition) is 1. The van der Waals surface area contributed by atoms with Gasteiger partial charge >= 0.3 is 0 Å². The van der Waals surface area contributed by atoms with E-state index in [9.17, 15) is 4.79 Å². The van der Waals surface area contributed by atoms with Gasteiger partial charge in [0.1, 0.15) is 0 Å². The molecule has 0 aliphatic carbocycles. The first-order chi connectivity index (χ1) is 8.69. The second kappa shape index (κ2) is 5.66. The first-order valence-electron chi connectivity index (χ1n) is 6.08. The molecule has 0 spiro atoms. The normalized spacial score (nSPS) is 16.4. The third kappa shape index (κ3) is 3.09. The summed E-state index contributed by atoms with van der Waals surface area (Å²) in [6, 6.07) is 2.00. The SMILES string of the molecule is COc1ccnc(N2CCC(NC(C)=O)CC2)n1. The third-order valence-corrected chi connectivity index (χ3v) is 3.01. The standard InChI is InChI=1S/C12H18N4O2/c1-9(17)14-10-4-7-16(8-5-10)12-13-6-3-11(15-12)18-2/h3,6,10H,4-5,7-8H2,1-2H3,(H,14,17). The average molecular weight is 250 g/mol. The van der Waals surface area contributed by atoms with E-state index < -0.39 is 0 Å². The van der Waals surface area contributed by atoms with Gasteiger partial charge in [0.2, 0.25) is 17.7 Å². The number of methoxy groups -OCH3 is 1. The van der Waals surface area contributed by atoms with Gasteiger partial charge in [0.25, 0.3) is 0 Å². The first kappa shape index (κ1) is 12.6. The van der Waals surface area contributed by atoms with E-state index in [2.05, 4.69) is 20.2 Å². The molecule has 1 amide bonds. The number of hydrogen-bond acceptors (Lipinski definition) is 5. The number of nitrogens with one attached hydrogen (secondary N) is 1. The predicted molar refractivity (Wildman–Crippen MR) is 67.6 cm³/mol. The van der Waals surface area contributed by atoms with Crippen LogP contribution in [0.2, 0.25) is 0 Å². The Labute approximate surface area is 106 Å². The Hall–Kier alpha value is -1.85. The third-order valence-electron chi connectivity index (χ3n) is 3.01. The van der Waals surface area contributed by atoms with Gasteiger partial charge in [-0.25, -0.2) is 4.98 Å². The maximum atomic E-state index is 11.0. The minimum atomic E-state index is 0.0334. The van der Waals surface area contributed by atoms with Crippen molar-refractivity contribution in [1.82, 2.24) is 15.3 Å². The molecule has 6 nitrogen and oxygen atoms in total. The van der Waals surface area contributed by atoms with Crippen LogP contribution in [-0.4, -0.2) is 42.1 Å². The van der Waals surface area contributed by atoms with E-state index in [-0.39, 0.29) is 11.9 Å². The molecule has 2 heterocycles. The van der Waals surface area contributed by atoms with Gasteiger partial charge in [-0.05, 0) is 12.8 Å². The fourth-order valence-electron chi connectivity index (χ4n) is 2.11. The summed E-state index contributed by atoms with van der Waals surface area (Å²) < 4.78 is 5.08. The lowest BCUT2D eigenvalue weighted by Gasteiger charge is -2.32. The highest BCUT2D eigenvalue weighted by atomic mass is 16.5. The van der Waals surface area contributed by atoms with E-state index >= 15 is 0 Å². The molecule has 0 saturated carbocycles. The predicted octanol–water partition coefficient (Wildman–Crippen LogP) is 0.590. The van der Waals surface area contributed by atoms with Gasteiger partial charge in [-0.1, -0.05) is 0 Å². The molecule has 0 atom stereocenters. The van der Waals surface area contributed by atoms with E-state index in [0.29, 0.717) is 11.8 Å². The van der Waals surface area contributed by atoms with Gasteiger partial charge in [0.05, 0.1) is 7.11 Å². The minimum absolute atomic E-state index is 0.0334. The second-order valence-electron chi connectivity index (χ2n) is 4.36. The molecule has 0 unspecified atom stereocenters. The lowest BCUT2D eigenvalue weighted by atomic mass is 10.1. The number of carbonyl (C=O) groups is 1. The second-order valence-corrected chi connectivity index (χ2v) is 4.36. The van der Waals surface area contributed by atoms with E-state index in [0.717, 1.165) is 25.9 Å². The number of nitrogens with zero attached hydrogens (tertiary/aromatic N) is 3. The molecule has 0 bridgehead atoms. The van der Waals surface area contributed by atoms with Crippen molar-refractivity contribution in [2.24, 2.45) is 0 Å². The van der Waals surface area contributed by atoms with Crippen LogP contribution < -0.4 is 15.0 Å². The zero-order chi connectivity index (χ0) is 13.0. The molecule has 0 aromatic carbocycles. The fraction of sp³-hybridized carbons (Fsp3) is 0.583. The number of ether oxygens (including phenoxy) is 1. The van der Waals surface area contributed by atoms with E-state index in [1.165, 1.54) is 0 Å². The summed E-state index contributed by atoms with van der Waals surface area (Å²) in [5, 5.41) is 2.95. The summed E-state index contributed by atoms with van der Waals surface area (Å²) in [5.41, 5.74) is 0. The van der Waals surface area contributed by atoms with Gasteiger partial charge in [-0.2, -0.15) is 4.98 Å². The molecule has 1 N–H and O–H groups in total. The molecule has 0 radical (unpaired) electrons. The maximum Gasteiger partial charge on any atom is 0.228 e. The number of amides is 1. The van der Waals surface area contributed by atoms with Gasteiger partial charge in [0, 0.05) is 38.3 Å². The molecule has 98 valence electrons. The Balaban J connectivity index is 1.94. The van der Waals surface area contributed by atoms with Gasteiger partial charge in [-0.3, -0.25) is 4.79 Å². The molecule has 1 aromatic heterocycles. The summed E-state index contributed by atoms with van der Waals surface area (Å²) in [6.45, 7) is 3.24. The van der Waals surface area contributed by atoms with Gasteiger partial charge in [-0.15, -0.1) is 0 Å². The van der Waals surface area contributed by atoms with Crippen molar-refractivity contribution in [2.45, 2.75) is 25.8 Å². The van der Waals surface area contributed by atoms with Crippen LogP contribution in [0.5, 0.6) is 5.88 Å². The van der Waals surface area contributed by atoms with Gasteiger partial charge in [0.15, 0.2) is 0 Å². The van der Waals surface area contributed by atoms with Crippen LogP contribution in [0.25, 0.3) is 0 Å². The van der Waals surface area contributed by atoms with Gasteiger partial charge < -0.3 is 15.0 Å². The minimum Gasteiger partial charge on any atom is -0.481 e. The lowest BCUT2D eigenvalue weighted by molar-refractivity contribution is -0.119. The zero-order valence-electron chi connectivity index (χ0n) is 10.7. The number of rotatable bonds is 3. The molecule has 1 aliphatic rings. The van der Waals surface area contributed by atoms with Crippen molar-refractivity contribution in [3.05, 3.63) is 12.3 Å². The summed E-state index contributed by atoms with van der Waals surface area (Å²) in [7, 11) is 1.59. The van der Waals surface area contributed by atoms with Crippen molar-refractivity contribution in [1.29, 1.82) is 0 Å². The Morgan fingerprint density at radius 1 is 1.50 bits per heavy atom. The average Bonchev–Trinajstić information content (AvgIpc) is 2.39. The maximum absolute atomic E-state index is 11.0. The number of carbonyl (C=O) groups excluding carboxylic acids is 1. The summed E-state index contributed by atoms with van der Waals surface area (Å²) in [6.07, 6.45) is 3.53. The van der Waals surface area contributed by atoms with Crippen LogP contribution in [0.15, 0.2) is 12.3 Å². The molecule has 1 fully saturated rings. The smallest absolute Gasteiger partial charge is 0.228 e. The van der Waals surface area contributed by atoms with Crippen LogP contribution in [0.3, 0.4) is 0 Å². The summed E-state index contributed by atoms with van der Waals surface area (Å²) in [5.74, 6) is 1.30. The Kier molecular flexibility index (Phi) is 3.96. The topological polar surface area (TPSA) is 67.3 Å². The van der Waals surface area contributed by atoms with Crippen LogP contribution in [0, 0.1) is 0 Å². The van der Waals surface area contributed by atoms with Crippen LogP contribution in [-0.2, 0) is 4.79 Å². The summed E-state index contributed by atoms with van der Waals surface area (Å²) in [4.78, 5) is 21.6. The molecule has 1 aromatic rings. The number of anilines is 1. The van der Waals surface area contributed by atoms with E-state index in [1.54, 1.807) is 26.3 Å². The van der Waals surface area contributed by atoms with Crippen molar-refractivity contribution >= 4 is 11.9 Å². The first-order valence-corrected chi connectivity index (χ1v) is 6.08. The highest BCUT2D eigenvalue weighted by Crippen LogP contribution is 2.17. The fourth-order valence-corrected chi connectivity index (χ4v) is 2.11. The van der Waals surface area contributed by atoms with Crippen molar-refractivity contribution in [2.75, 3.05) is 25.1 Å². The largest absolute Gasteiger partial charge is 0.481 e. The van der Waals surface area contributed by atoms with E-state index in [1.807, 2.05) is 0 Å². The number of aromatic nitrogens is 2. The highest BCUT2D eigenvalue weighted by Gasteiger charge is 2.21. The lowest BCUT2D eigenvalue weighted by Crippen LogP contribution is -2.44. The van der Waals surface area contributed by atoms with Crippen LogP contribution >= 0.6 is 0 Å². The monoisotopic (exact) mass is 250 g/mol. The zero-order valence-corrected chi connectivity index (χ0v) is 10.7. The molecule has 1 saturated heterocycles. The van der Waals surface area contributed by atoms with Crippen molar-refractivity contribution < 1.29 is 9.53 Å².